The van der Waals surface area contributed by atoms with Gasteiger partial charge in [-0.05, 0) is 154 Å². The van der Waals surface area contributed by atoms with Crippen molar-refractivity contribution in [2.75, 3.05) is 13.2 Å². The number of hydrogen-bond acceptors (Lipinski definition) is 5. The van der Waals surface area contributed by atoms with E-state index < -0.39 is 6.10 Å². The van der Waals surface area contributed by atoms with Crippen LogP contribution < -0.4 is 0 Å². The summed E-state index contributed by atoms with van der Waals surface area (Å²) in [6.45, 7) is 3.88. The molecule has 1 N–H and O–H groups in total. The Balaban J connectivity index is 3.67. The van der Waals surface area contributed by atoms with Gasteiger partial charge in [0.25, 0.3) is 0 Å². The smallest absolute Gasteiger partial charge is 0.306 e. The minimum absolute atomic E-state index is 0.0932. The van der Waals surface area contributed by atoms with Crippen molar-refractivity contribution >= 4 is 11.9 Å². The summed E-state index contributed by atoms with van der Waals surface area (Å²) < 4.78 is 10.7. The number of ether oxygens (including phenoxy) is 2. The van der Waals surface area contributed by atoms with Crippen molar-refractivity contribution in [3.63, 3.8) is 0 Å². The topological polar surface area (TPSA) is 72.8 Å². The average molecular weight is 1150 g/mol. The molecule has 466 valence electrons. The fourth-order valence-corrected chi connectivity index (χ4v) is 8.36. The third-order valence-electron chi connectivity index (χ3n) is 13.3. The molecule has 0 spiro atoms. The molecule has 0 fully saturated rings. The maximum absolute atomic E-state index is 12.3. The van der Waals surface area contributed by atoms with E-state index in [1.54, 1.807) is 0 Å². The summed E-state index contributed by atoms with van der Waals surface area (Å²) in [4.78, 5) is 24.6. The van der Waals surface area contributed by atoms with Crippen LogP contribution in [0.4, 0.5) is 0 Å². The lowest BCUT2D eigenvalue weighted by Crippen LogP contribution is -2.28. The van der Waals surface area contributed by atoms with Crippen LogP contribution in [0.5, 0.6) is 0 Å². The van der Waals surface area contributed by atoms with E-state index >= 15 is 0 Å². The number of aliphatic hydroxyl groups is 1. The third kappa shape index (κ3) is 68.7. The summed E-state index contributed by atoms with van der Waals surface area (Å²) in [5.41, 5.74) is 0. The molecule has 0 amide bonds. The van der Waals surface area contributed by atoms with Gasteiger partial charge >= 0.3 is 11.9 Å². The standard InChI is InChI=1S/C79H120O5/c1-3-5-7-9-11-13-15-17-19-21-23-25-27-29-31-33-34-35-36-37-38-39-40-41-42-43-44-46-48-50-52-54-56-58-60-62-64-66-68-70-72-74-79(82)84-77(75-80)76-83-78(81)73-71-69-67-65-63-61-59-57-55-53-51-49-47-45-32-30-28-26-24-22-20-18-16-14-12-10-8-6-4-2/h5-8,11-14,17-20,23-26,29-32,34-35,37-38,40-41,43-44,47-50,54,56,60,62,77,80H,3-4,9-10,15-16,21-22,27-28,33,36,39,42,45-46,51-53,55,57-59,61,63-76H2,1-2H3/b7-5-,8-6-,13-11-,14-12-,19-17-,20-18-,25-23-,26-24-,31-29-,32-30-,35-34-,38-37-,41-40-,44-43-,49-47-,50-48-,56-54-,62-60-. The van der Waals surface area contributed by atoms with Crippen LogP contribution in [0, 0.1) is 0 Å². The molecule has 0 aliphatic heterocycles. The van der Waals surface area contributed by atoms with Crippen LogP contribution in [0.25, 0.3) is 0 Å². The van der Waals surface area contributed by atoms with Gasteiger partial charge < -0.3 is 14.6 Å². The van der Waals surface area contributed by atoms with Crippen LogP contribution in [0.3, 0.4) is 0 Å². The second-order valence-electron chi connectivity index (χ2n) is 21.1. The minimum Gasteiger partial charge on any atom is -0.462 e. The molecule has 0 rings (SSSR count). The summed E-state index contributed by atoms with van der Waals surface area (Å²) >= 11 is 0. The first-order valence-corrected chi connectivity index (χ1v) is 33.3. The van der Waals surface area contributed by atoms with Crippen molar-refractivity contribution < 1.29 is 24.2 Å². The first-order chi connectivity index (χ1) is 41.6. The van der Waals surface area contributed by atoms with Crippen molar-refractivity contribution in [3.8, 4) is 0 Å². The highest BCUT2D eigenvalue weighted by Gasteiger charge is 2.16. The van der Waals surface area contributed by atoms with Gasteiger partial charge in [-0.1, -0.05) is 297 Å². The van der Waals surface area contributed by atoms with E-state index in [9.17, 15) is 14.7 Å². The molecule has 0 saturated heterocycles. The van der Waals surface area contributed by atoms with E-state index in [0.717, 1.165) is 167 Å². The fourth-order valence-electron chi connectivity index (χ4n) is 8.36. The Morgan fingerprint density at radius 2 is 0.476 bits per heavy atom. The van der Waals surface area contributed by atoms with Crippen molar-refractivity contribution in [3.05, 3.63) is 219 Å². The average Bonchev–Trinajstić information content (AvgIpc) is 3.51. The molecule has 0 aromatic carbocycles. The minimum atomic E-state index is -0.807. The number of allylic oxidation sites excluding steroid dienone is 36. The van der Waals surface area contributed by atoms with Gasteiger partial charge in [0.15, 0.2) is 6.10 Å². The Morgan fingerprint density at radius 3 is 0.714 bits per heavy atom. The Hall–Kier alpha value is -5.78. The molecular formula is C79H120O5. The molecule has 5 nitrogen and oxygen atoms in total. The highest BCUT2D eigenvalue weighted by molar-refractivity contribution is 5.70. The van der Waals surface area contributed by atoms with Crippen molar-refractivity contribution in [2.24, 2.45) is 0 Å². The maximum Gasteiger partial charge on any atom is 0.306 e. The van der Waals surface area contributed by atoms with E-state index in [0.29, 0.717) is 12.8 Å². The van der Waals surface area contributed by atoms with E-state index in [4.69, 9.17) is 9.47 Å². The quantitative estimate of drug-likeness (QED) is 0.0373. The molecule has 0 aliphatic carbocycles. The Labute approximate surface area is 516 Å². The fraction of sp³-hybridized carbons (Fsp3) is 0.519. The Bertz CT molecular complexity index is 2030. The van der Waals surface area contributed by atoms with Gasteiger partial charge in [-0.15, -0.1) is 0 Å². The third-order valence-corrected chi connectivity index (χ3v) is 13.3. The molecular weight excluding hydrogens is 1030 g/mol. The molecule has 0 aliphatic rings. The monoisotopic (exact) mass is 1150 g/mol. The largest absolute Gasteiger partial charge is 0.462 e. The van der Waals surface area contributed by atoms with E-state index in [1.165, 1.54) is 51.4 Å². The molecule has 1 unspecified atom stereocenters. The van der Waals surface area contributed by atoms with Crippen LogP contribution in [0.2, 0.25) is 0 Å². The number of unbranched alkanes of at least 4 members (excludes halogenated alkanes) is 14. The number of hydrogen-bond donors (Lipinski definition) is 1. The lowest BCUT2D eigenvalue weighted by atomic mass is 10.1. The van der Waals surface area contributed by atoms with Gasteiger partial charge in [0.1, 0.15) is 6.61 Å². The highest BCUT2D eigenvalue weighted by Crippen LogP contribution is 2.14. The first kappa shape index (κ1) is 78.2. The number of aliphatic hydroxyl groups excluding tert-OH is 1. The highest BCUT2D eigenvalue weighted by atomic mass is 16.6. The number of esters is 2. The lowest BCUT2D eigenvalue weighted by Gasteiger charge is -2.15. The van der Waals surface area contributed by atoms with Gasteiger partial charge in [-0.25, -0.2) is 0 Å². The predicted molar refractivity (Wildman–Crippen MR) is 370 cm³/mol. The van der Waals surface area contributed by atoms with Crippen LogP contribution in [0.1, 0.15) is 245 Å². The molecule has 5 heteroatoms. The molecule has 1 atom stereocenters. The zero-order chi connectivity index (χ0) is 60.5. The molecule has 84 heavy (non-hydrogen) atoms. The summed E-state index contributed by atoms with van der Waals surface area (Å²) in [5.74, 6) is -0.640. The van der Waals surface area contributed by atoms with Crippen molar-refractivity contribution in [1.82, 2.24) is 0 Å². The molecule has 0 aromatic rings. The first-order valence-electron chi connectivity index (χ1n) is 33.3. The Kier molecular flexibility index (Phi) is 66.6. The predicted octanol–water partition coefficient (Wildman–Crippen LogP) is 23.5. The molecule has 0 radical (unpaired) electrons. The van der Waals surface area contributed by atoms with E-state index in [2.05, 4.69) is 233 Å². The molecule has 0 bridgehead atoms. The van der Waals surface area contributed by atoms with Gasteiger partial charge in [0.2, 0.25) is 0 Å². The lowest BCUT2D eigenvalue weighted by molar-refractivity contribution is -0.161. The van der Waals surface area contributed by atoms with Gasteiger partial charge in [0, 0.05) is 12.8 Å². The Morgan fingerprint density at radius 1 is 0.274 bits per heavy atom. The van der Waals surface area contributed by atoms with Crippen LogP contribution >= 0.6 is 0 Å². The van der Waals surface area contributed by atoms with E-state index in [1.807, 2.05) is 0 Å². The number of carbonyl (C=O) groups is 2. The second kappa shape index (κ2) is 71.5. The van der Waals surface area contributed by atoms with Crippen molar-refractivity contribution in [1.29, 1.82) is 0 Å². The zero-order valence-corrected chi connectivity index (χ0v) is 53.3. The van der Waals surface area contributed by atoms with Gasteiger partial charge in [-0.3, -0.25) is 9.59 Å². The summed E-state index contributed by atoms with van der Waals surface area (Å²) in [5, 5.41) is 9.69. The van der Waals surface area contributed by atoms with Gasteiger partial charge in [-0.2, -0.15) is 0 Å². The SMILES string of the molecule is CC/C=C\C/C=C\C/C=C\C/C=C\C/C=C\C/C=C\C/C=C\C/C=C\C/C=C\C/C=C\C/C=C\C/C=C\CCCCCCC(=O)OC(CO)COC(=O)CCCCCCCCCCCC/C=C\C/C=C\C/C=C\C/C=C\C/C=C\C/C=C\CC. The van der Waals surface area contributed by atoms with Gasteiger partial charge in [0.05, 0.1) is 6.61 Å². The van der Waals surface area contributed by atoms with E-state index in [-0.39, 0.29) is 25.2 Å². The second-order valence-corrected chi connectivity index (χ2v) is 21.1. The zero-order valence-electron chi connectivity index (χ0n) is 53.3. The summed E-state index contributed by atoms with van der Waals surface area (Å²) in [6.07, 6.45) is 116. The summed E-state index contributed by atoms with van der Waals surface area (Å²) in [7, 11) is 0. The summed E-state index contributed by atoms with van der Waals surface area (Å²) in [6, 6.07) is 0. The maximum atomic E-state index is 12.3. The number of carbonyl (C=O) groups excluding carboxylic acids is 2. The molecule has 0 saturated carbocycles. The van der Waals surface area contributed by atoms with Crippen LogP contribution in [-0.4, -0.2) is 36.4 Å². The van der Waals surface area contributed by atoms with Crippen LogP contribution in [0.15, 0.2) is 219 Å². The molecule has 0 aromatic heterocycles. The molecule has 0 heterocycles. The number of rotatable bonds is 58. The van der Waals surface area contributed by atoms with Crippen molar-refractivity contribution in [2.45, 2.75) is 251 Å². The normalized spacial score (nSPS) is 13.7. The van der Waals surface area contributed by atoms with Crippen LogP contribution in [-0.2, 0) is 19.1 Å².